The summed E-state index contributed by atoms with van der Waals surface area (Å²) in [6.07, 6.45) is 4.12. The Morgan fingerprint density at radius 2 is 1.93 bits per heavy atom. The Morgan fingerprint density at radius 1 is 1.13 bits per heavy atom. The summed E-state index contributed by atoms with van der Waals surface area (Å²) >= 11 is 0. The minimum atomic E-state index is -0.182. The predicted molar refractivity (Wildman–Crippen MR) is 118 cm³/mol. The number of fused-ring (bicyclic) bond motifs is 1. The monoisotopic (exact) mass is 407 g/mol. The Bertz CT molecular complexity index is 1040. The molecular formula is C24H29N3O3. The Hall–Kier alpha value is -2.70. The number of aliphatic hydroxyl groups is 1. The molecule has 0 amide bonds. The number of para-hydroxylation sites is 1. The molecule has 2 aromatic carbocycles. The van der Waals surface area contributed by atoms with Gasteiger partial charge >= 0.3 is 0 Å². The Morgan fingerprint density at radius 3 is 2.73 bits per heavy atom. The molecule has 30 heavy (non-hydrogen) atoms. The van der Waals surface area contributed by atoms with Crippen molar-refractivity contribution in [1.29, 1.82) is 0 Å². The van der Waals surface area contributed by atoms with Gasteiger partial charge in [0.2, 0.25) is 0 Å². The van der Waals surface area contributed by atoms with Crippen LogP contribution in [-0.4, -0.2) is 45.8 Å². The van der Waals surface area contributed by atoms with E-state index in [2.05, 4.69) is 27.0 Å². The molecule has 0 aliphatic heterocycles. The van der Waals surface area contributed by atoms with Crippen molar-refractivity contribution in [2.75, 3.05) is 13.7 Å². The maximum absolute atomic E-state index is 12.4. The molecule has 0 unspecified atom stereocenters. The van der Waals surface area contributed by atoms with Gasteiger partial charge in [-0.25, -0.2) is 4.98 Å². The molecule has 1 saturated carbocycles. The zero-order valence-corrected chi connectivity index (χ0v) is 17.4. The standard InChI is InChI=1S/C24H29N3O3/c1-30-20-6-4-5-17(15-20)16-27(18-9-11-19(28)12-10-18)14-13-23-25-22-8-3-2-7-21(22)24(29)26-23/h2-8,15,18-19,28H,9-14,16H2,1H3,(H,25,26,29). The minimum absolute atomic E-state index is 0.0873. The molecule has 3 aromatic rings. The fraction of sp³-hybridized carbons (Fsp3) is 0.417. The van der Waals surface area contributed by atoms with Gasteiger partial charge < -0.3 is 14.8 Å². The van der Waals surface area contributed by atoms with E-state index in [1.807, 2.05) is 30.3 Å². The van der Waals surface area contributed by atoms with Crippen LogP contribution < -0.4 is 10.3 Å². The summed E-state index contributed by atoms with van der Waals surface area (Å²) in [6, 6.07) is 16.0. The van der Waals surface area contributed by atoms with Crippen molar-refractivity contribution in [3.8, 4) is 5.75 Å². The predicted octanol–water partition coefficient (Wildman–Crippen LogP) is 3.28. The highest BCUT2D eigenvalue weighted by Crippen LogP contribution is 2.25. The molecule has 0 spiro atoms. The summed E-state index contributed by atoms with van der Waals surface area (Å²) in [5.41, 5.74) is 1.84. The second kappa shape index (κ2) is 9.41. The summed E-state index contributed by atoms with van der Waals surface area (Å²) in [6.45, 7) is 1.59. The molecule has 158 valence electrons. The lowest BCUT2D eigenvalue weighted by molar-refractivity contribution is 0.0704. The highest BCUT2D eigenvalue weighted by atomic mass is 16.5. The van der Waals surface area contributed by atoms with Crippen LogP contribution in [0.4, 0.5) is 0 Å². The number of aromatic nitrogens is 2. The molecule has 0 saturated heterocycles. The van der Waals surface area contributed by atoms with Crippen LogP contribution >= 0.6 is 0 Å². The molecule has 1 aromatic heterocycles. The van der Waals surface area contributed by atoms with E-state index in [9.17, 15) is 9.90 Å². The number of methoxy groups -OCH3 is 1. The van der Waals surface area contributed by atoms with E-state index in [-0.39, 0.29) is 11.7 Å². The van der Waals surface area contributed by atoms with E-state index < -0.39 is 0 Å². The molecule has 6 heteroatoms. The van der Waals surface area contributed by atoms with Gasteiger partial charge in [-0.05, 0) is 55.5 Å². The van der Waals surface area contributed by atoms with Gasteiger partial charge in [0.15, 0.2) is 0 Å². The number of hydrogen-bond acceptors (Lipinski definition) is 5. The lowest BCUT2D eigenvalue weighted by atomic mass is 9.91. The highest BCUT2D eigenvalue weighted by Gasteiger charge is 2.25. The van der Waals surface area contributed by atoms with Crippen molar-refractivity contribution in [2.45, 2.75) is 50.8 Å². The van der Waals surface area contributed by atoms with Crippen molar-refractivity contribution >= 4 is 10.9 Å². The van der Waals surface area contributed by atoms with Crippen molar-refractivity contribution < 1.29 is 9.84 Å². The fourth-order valence-corrected chi connectivity index (χ4v) is 4.32. The molecular weight excluding hydrogens is 378 g/mol. The largest absolute Gasteiger partial charge is 0.497 e. The van der Waals surface area contributed by atoms with Gasteiger partial charge in [-0.15, -0.1) is 0 Å². The SMILES string of the molecule is COc1cccc(CN(CCc2nc3ccccc3c(=O)[nH]2)C2CCC(O)CC2)c1. The Kier molecular flexibility index (Phi) is 6.45. The third-order valence-corrected chi connectivity index (χ3v) is 6.00. The second-order valence-electron chi connectivity index (χ2n) is 8.06. The number of nitrogens with zero attached hydrogens (tertiary/aromatic N) is 2. The minimum Gasteiger partial charge on any atom is -0.497 e. The van der Waals surface area contributed by atoms with Gasteiger partial charge in [-0.1, -0.05) is 24.3 Å². The molecule has 1 aliphatic rings. The number of ether oxygens (including phenoxy) is 1. The smallest absolute Gasteiger partial charge is 0.258 e. The van der Waals surface area contributed by atoms with E-state index >= 15 is 0 Å². The molecule has 2 N–H and O–H groups in total. The van der Waals surface area contributed by atoms with Gasteiger partial charge in [0.05, 0.1) is 24.1 Å². The summed E-state index contributed by atoms with van der Waals surface area (Å²) in [5, 5.41) is 10.5. The number of hydrogen-bond donors (Lipinski definition) is 2. The van der Waals surface area contributed by atoms with E-state index in [1.165, 1.54) is 5.56 Å². The normalized spacial score (nSPS) is 19.3. The summed E-state index contributed by atoms with van der Waals surface area (Å²) in [4.78, 5) is 22.4. The van der Waals surface area contributed by atoms with Crippen LogP contribution in [0, 0.1) is 0 Å². The maximum Gasteiger partial charge on any atom is 0.258 e. The van der Waals surface area contributed by atoms with Crippen LogP contribution in [0.15, 0.2) is 53.3 Å². The van der Waals surface area contributed by atoms with Crippen molar-refractivity contribution in [3.05, 3.63) is 70.3 Å². The number of rotatable bonds is 7. The second-order valence-corrected chi connectivity index (χ2v) is 8.06. The first kappa shape index (κ1) is 20.6. The summed E-state index contributed by atoms with van der Waals surface area (Å²) in [7, 11) is 1.68. The molecule has 4 rings (SSSR count). The van der Waals surface area contributed by atoms with Gasteiger partial charge in [-0.3, -0.25) is 9.69 Å². The van der Waals surface area contributed by atoms with E-state index in [0.29, 0.717) is 23.7 Å². The van der Waals surface area contributed by atoms with E-state index in [1.54, 1.807) is 13.2 Å². The highest BCUT2D eigenvalue weighted by molar-refractivity contribution is 5.77. The Labute approximate surface area is 176 Å². The quantitative estimate of drug-likeness (QED) is 0.628. The van der Waals surface area contributed by atoms with Crippen LogP contribution in [0.5, 0.6) is 5.75 Å². The summed E-state index contributed by atoms with van der Waals surface area (Å²) in [5.74, 6) is 1.57. The molecule has 0 atom stereocenters. The summed E-state index contributed by atoms with van der Waals surface area (Å²) < 4.78 is 5.38. The van der Waals surface area contributed by atoms with Gasteiger partial charge in [-0.2, -0.15) is 0 Å². The van der Waals surface area contributed by atoms with Crippen LogP contribution in [0.25, 0.3) is 10.9 Å². The number of H-pyrrole nitrogens is 1. The van der Waals surface area contributed by atoms with Crippen LogP contribution in [0.3, 0.4) is 0 Å². The van der Waals surface area contributed by atoms with Crippen LogP contribution in [0.1, 0.15) is 37.1 Å². The molecule has 0 bridgehead atoms. The van der Waals surface area contributed by atoms with Crippen molar-refractivity contribution in [1.82, 2.24) is 14.9 Å². The third-order valence-electron chi connectivity index (χ3n) is 6.00. The first-order valence-corrected chi connectivity index (χ1v) is 10.7. The molecule has 6 nitrogen and oxygen atoms in total. The lowest BCUT2D eigenvalue weighted by Gasteiger charge is -2.36. The number of aliphatic hydroxyl groups excluding tert-OH is 1. The van der Waals surface area contributed by atoms with Crippen molar-refractivity contribution in [3.63, 3.8) is 0 Å². The average Bonchev–Trinajstić information content (AvgIpc) is 2.77. The first-order chi connectivity index (χ1) is 14.6. The third kappa shape index (κ3) is 4.89. The number of aromatic amines is 1. The molecule has 1 fully saturated rings. The average molecular weight is 408 g/mol. The van der Waals surface area contributed by atoms with Crippen molar-refractivity contribution in [2.24, 2.45) is 0 Å². The zero-order valence-electron chi connectivity index (χ0n) is 17.4. The number of nitrogens with one attached hydrogen (secondary N) is 1. The van der Waals surface area contributed by atoms with E-state index in [4.69, 9.17) is 4.74 Å². The fourth-order valence-electron chi connectivity index (χ4n) is 4.32. The van der Waals surface area contributed by atoms with Gasteiger partial charge in [0.1, 0.15) is 11.6 Å². The molecule has 0 radical (unpaired) electrons. The molecule has 1 aliphatic carbocycles. The first-order valence-electron chi connectivity index (χ1n) is 10.7. The Balaban J connectivity index is 1.52. The molecule has 1 heterocycles. The zero-order chi connectivity index (χ0) is 20.9. The topological polar surface area (TPSA) is 78.5 Å². The van der Waals surface area contributed by atoms with Crippen LogP contribution in [-0.2, 0) is 13.0 Å². The van der Waals surface area contributed by atoms with Gasteiger partial charge in [0, 0.05) is 25.6 Å². The maximum atomic E-state index is 12.4. The van der Waals surface area contributed by atoms with Gasteiger partial charge in [0.25, 0.3) is 5.56 Å². The number of benzene rings is 2. The lowest BCUT2D eigenvalue weighted by Crippen LogP contribution is -2.40. The van der Waals surface area contributed by atoms with Crippen LogP contribution in [0.2, 0.25) is 0 Å². The van der Waals surface area contributed by atoms with E-state index in [0.717, 1.165) is 50.0 Å².